The Morgan fingerprint density at radius 2 is 1.74 bits per heavy atom. The van der Waals surface area contributed by atoms with Gasteiger partial charge < -0.3 is 23.9 Å². The van der Waals surface area contributed by atoms with E-state index in [1.165, 1.54) is 30.3 Å². The van der Waals surface area contributed by atoms with E-state index in [1.54, 1.807) is 19.0 Å². The molecule has 3 aromatic rings. The smallest absolute Gasteiger partial charge is 0.450 e. The minimum absolute atomic E-state index is 0. The molecule has 0 saturated carbocycles. The van der Waals surface area contributed by atoms with Gasteiger partial charge in [0.2, 0.25) is 11.2 Å². The summed E-state index contributed by atoms with van der Waals surface area (Å²) in [6.45, 7) is 0.672. The van der Waals surface area contributed by atoms with Gasteiger partial charge in [-0.15, -0.1) is 12.4 Å². The molecule has 1 N–H and O–H groups in total. The van der Waals surface area contributed by atoms with E-state index < -0.39 is 22.9 Å². The maximum atomic E-state index is 13.9. The maximum absolute atomic E-state index is 13.9. The molecule has 1 aromatic heterocycles. The van der Waals surface area contributed by atoms with Crippen LogP contribution in [0.3, 0.4) is 0 Å². The first-order chi connectivity index (χ1) is 14.2. The van der Waals surface area contributed by atoms with E-state index >= 15 is 0 Å². The van der Waals surface area contributed by atoms with Gasteiger partial charge in [-0.2, -0.15) is 13.2 Å². The number of halogens is 4. The SMILES string of the molecule is CN(C)Cc1c(O)ccc2c(=O)c(-c3ccc4c(c3)OCCO4)c(C(F)(F)F)oc12.Cl. The van der Waals surface area contributed by atoms with Crippen molar-refractivity contribution in [2.75, 3.05) is 27.3 Å². The summed E-state index contributed by atoms with van der Waals surface area (Å²) in [5.74, 6) is -1.03. The van der Waals surface area contributed by atoms with Gasteiger partial charge in [-0.25, -0.2) is 0 Å². The molecule has 0 bridgehead atoms. The minimum atomic E-state index is -4.93. The monoisotopic (exact) mass is 457 g/mol. The molecule has 166 valence electrons. The summed E-state index contributed by atoms with van der Waals surface area (Å²) in [6.07, 6.45) is -4.93. The molecule has 0 spiro atoms. The Morgan fingerprint density at radius 3 is 2.39 bits per heavy atom. The number of aromatic hydroxyl groups is 1. The number of phenols is 1. The number of nitrogens with zero attached hydrogens (tertiary/aromatic N) is 1. The molecule has 1 aliphatic heterocycles. The summed E-state index contributed by atoms with van der Waals surface area (Å²) in [4.78, 5) is 14.8. The molecule has 0 aliphatic carbocycles. The summed E-state index contributed by atoms with van der Waals surface area (Å²) >= 11 is 0. The van der Waals surface area contributed by atoms with Crippen molar-refractivity contribution in [3.63, 3.8) is 0 Å². The number of hydrogen-bond donors (Lipinski definition) is 1. The Labute approximate surface area is 181 Å². The number of phenolic OH excluding ortho intramolecular Hbond substituents is 1. The zero-order valence-electron chi connectivity index (χ0n) is 16.6. The summed E-state index contributed by atoms with van der Waals surface area (Å²) in [5, 5.41) is 10.1. The molecule has 0 amide bonds. The Balaban J connectivity index is 0.00000272. The molecular formula is C21H19ClF3NO5. The Kier molecular flexibility index (Phi) is 6.11. The Morgan fingerprint density at radius 1 is 1.06 bits per heavy atom. The summed E-state index contributed by atoms with van der Waals surface area (Å²) < 4.78 is 57.8. The molecule has 31 heavy (non-hydrogen) atoms. The van der Waals surface area contributed by atoms with E-state index in [-0.39, 0.29) is 59.2 Å². The lowest BCUT2D eigenvalue weighted by atomic mass is 9.99. The van der Waals surface area contributed by atoms with Crippen molar-refractivity contribution in [2.24, 2.45) is 0 Å². The first kappa shape index (κ1) is 22.8. The lowest BCUT2D eigenvalue weighted by Gasteiger charge is -2.20. The number of fused-ring (bicyclic) bond motifs is 2. The van der Waals surface area contributed by atoms with Gasteiger partial charge in [0, 0.05) is 6.54 Å². The molecule has 1 aliphatic rings. The van der Waals surface area contributed by atoms with Crippen molar-refractivity contribution in [3.8, 4) is 28.4 Å². The first-order valence-corrected chi connectivity index (χ1v) is 9.10. The number of rotatable bonds is 3. The van der Waals surface area contributed by atoms with E-state index in [0.29, 0.717) is 12.4 Å². The van der Waals surface area contributed by atoms with Crippen molar-refractivity contribution in [2.45, 2.75) is 12.7 Å². The van der Waals surface area contributed by atoms with E-state index in [4.69, 9.17) is 13.9 Å². The van der Waals surface area contributed by atoms with Crippen LogP contribution in [0.15, 0.2) is 39.5 Å². The van der Waals surface area contributed by atoms with E-state index in [0.717, 1.165) is 0 Å². The van der Waals surface area contributed by atoms with Gasteiger partial charge in [0.05, 0.1) is 16.5 Å². The predicted octanol–water partition coefficient (Wildman–Crippen LogP) is 4.44. The van der Waals surface area contributed by atoms with Crippen LogP contribution in [0.4, 0.5) is 13.2 Å². The fourth-order valence-corrected chi connectivity index (χ4v) is 3.43. The highest BCUT2D eigenvalue weighted by Gasteiger charge is 2.40. The van der Waals surface area contributed by atoms with Crippen LogP contribution >= 0.6 is 12.4 Å². The molecule has 2 heterocycles. The predicted molar refractivity (Wildman–Crippen MR) is 110 cm³/mol. The zero-order chi connectivity index (χ0) is 21.6. The summed E-state index contributed by atoms with van der Waals surface area (Å²) in [6, 6.07) is 6.70. The molecule has 10 heteroatoms. The van der Waals surface area contributed by atoms with Gasteiger partial charge in [0.1, 0.15) is 24.5 Å². The molecule has 0 unspecified atom stereocenters. The third-order valence-electron chi connectivity index (χ3n) is 4.70. The van der Waals surface area contributed by atoms with Crippen molar-refractivity contribution in [1.82, 2.24) is 4.90 Å². The van der Waals surface area contributed by atoms with Gasteiger partial charge in [-0.05, 0) is 43.9 Å². The van der Waals surface area contributed by atoms with Crippen LogP contribution in [0.1, 0.15) is 11.3 Å². The molecule has 0 atom stereocenters. The first-order valence-electron chi connectivity index (χ1n) is 9.10. The fraction of sp³-hybridized carbons (Fsp3) is 0.286. The van der Waals surface area contributed by atoms with Crippen molar-refractivity contribution in [1.29, 1.82) is 0 Å². The minimum Gasteiger partial charge on any atom is -0.507 e. The van der Waals surface area contributed by atoms with Crippen LogP contribution in [0.5, 0.6) is 17.2 Å². The largest absolute Gasteiger partial charge is 0.507 e. The zero-order valence-corrected chi connectivity index (χ0v) is 17.4. The van der Waals surface area contributed by atoms with Gasteiger partial charge in [-0.1, -0.05) is 6.07 Å². The quantitative estimate of drug-likeness (QED) is 0.627. The summed E-state index contributed by atoms with van der Waals surface area (Å²) in [5.41, 5.74) is -1.64. The van der Waals surface area contributed by atoms with E-state index in [1.807, 2.05) is 0 Å². The third-order valence-corrected chi connectivity index (χ3v) is 4.70. The summed E-state index contributed by atoms with van der Waals surface area (Å²) in [7, 11) is 3.37. The standard InChI is InChI=1S/C21H18F3NO5.ClH/c1-25(2)10-13-14(26)5-4-12-18(27)17(20(21(22,23)24)30-19(12)13)11-3-6-15-16(9-11)29-8-7-28-15;/h3-6,9,26H,7-8,10H2,1-2H3;1H. The number of hydrogen-bond acceptors (Lipinski definition) is 6. The molecule has 0 saturated heterocycles. The second-order valence-electron chi connectivity index (χ2n) is 7.17. The van der Waals surface area contributed by atoms with Gasteiger partial charge in [0.15, 0.2) is 11.5 Å². The van der Waals surface area contributed by atoms with Crippen LogP contribution in [-0.2, 0) is 12.7 Å². The Bertz CT molecular complexity index is 1190. The van der Waals surface area contributed by atoms with E-state index in [9.17, 15) is 23.1 Å². The van der Waals surface area contributed by atoms with Crippen LogP contribution in [0, 0.1) is 0 Å². The lowest BCUT2D eigenvalue weighted by molar-refractivity contribution is -0.152. The molecule has 0 radical (unpaired) electrons. The van der Waals surface area contributed by atoms with Crippen LogP contribution in [-0.4, -0.2) is 37.3 Å². The van der Waals surface area contributed by atoms with Crippen molar-refractivity contribution >= 4 is 23.4 Å². The molecule has 0 fully saturated rings. The van der Waals surface area contributed by atoms with Crippen LogP contribution in [0.25, 0.3) is 22.1 Å². The van der Waals surface area contributed by atoms with E-state index in [2.05, 4.69) is 0 Å². The third kappa shape index (κ3) is 4.15. The number of alkyl halides is 3. The second kappa shape index (κ2) is 8.32. The van der Waals surface area contributed by atoms with Gasteiger partial charge in [-0.3, -0.25) is 4.79 Å². The van der Waals surface area contributed by atoms with Gasteiger partial charge >= 0.3 is 6.18 Å². The lowest BCUT2D eigenvalue weighted by Crippen LogP contribution is -2.18. The molecule has 6 nitrogen and oxygen atoms in total. The van der Waals surface area contributed by atoms with Crippen molar-refractivity contribution in [3.05, 3.63) is 51.9 Å². The highest BCUT2D eigenvalue weighted by atomic mass is 35.5. The van der Waals surface area contributed by atoms with Crippen molar-refractivity contribution < 1.29 is 32.2 Å². The topological polar surface area (TPSA) is 72.1 Å². The Hall–Kier alpha value is -2.91. The second-order valence-corrected chi connectivity index (χ2v) is 7.17. The average Bonchev–Trinajstić information content (AvgIpc) is 2.68. The highest BCUT2D eigenvalue weighted by Crippen LogP contribution is 2.41. The van der Waals surface area contributed by atoms with Crippen LogP contribution in [0.2, 0.25) is 0 Å². The highest BCUT2D eigenvalue weighted by molar-refractivity contribution is 5.87. The number of benzene rings is 2. The van der Waals surface area contributed by atoms with Crippen LogP contribution < -0.4 is 14.9 Å². The molecule has 4 rings (SSSR count). The maximum Gasteiger partial charge on any atom is 0.450 e. The molecule has 2 aromatic carbocycles. The average molecular weight is 458 g/mol. The van der Waals surface area contributed by atoms with Gasteiger partial charge in [0.25, 0.3) is 0 Å². The fourth-order valence-electron chi connectivity index (χ4n) is 3.43. The number of ether oxygens (including phenoxy) is 2. The molecular weight excluding hydrogens is 439 g/mol. The normalized spacial score (nSPS) is 13.4.